The first-order valence-corrected chi connectivity index (χ1v) is 7.23. The van der Waals surface area contributed by atoms with Crippen LogP contribution in [0, 0.1) is 0 Å². The highest BCUT2D eigenvalue weighted by molar-refractivity contribution is 9.10. The average Bonchev–Trinajstić information content (AvgIpc) is 2.78. The molecule has 2 heterocycles. The molecule has 4 nitrogen and oxygen atoms in total. The third kappa shape index (κ3) is 2.58. The number of rotatable bonds is 2. The fourth-order valence-corrected chi connectivity index (χ4v) is 2.85. The Kier molecular flexibility index (Phi) is 3.41. The molecule has 5 heteroatoms. The summed E-state index contributed by atoms with van der Waals surface area (Å²) in [6.45, 7) is 2.65. The molecule has 1 aliphatic rings. The van der Waals surface area contributed by atoms with Gasteiger partial charge < -0.3 is 4.74 Å². The van der Waals surface area contributed by atoms with Crippen molar-refractivity contribution in [1.29, 1.82) is 0 Å². The van der Waals surface area contributed by atoms with Crippen LogP contribution in [-0.4, -0.2) is 21.8 Å². The van der Waals surface area contributed by atoms with Crippen LogP contribution in [0.15, 0.2) is 33.8 Å². The van der Waals surface area contributed by atoms with Crippen molar-refractivity contribution in [3.05, 3.63) is 39.4 Å². The molecule has 0 amide bonds. The van der Waals surface area contributed by atoms with Gasteiger partial charge in [-0.25, -0.2) is 4.98 Å². The SMILES string of the molecule is CC1CCC(Cn2cnc3cc(Br)ccc3c2=O)O1. The van der Waals surface area contributed by atoms with Gasteiger partial charge in [0.1, 0.15) is 0 Å². The Balaban J connectivity index is 1.94. The highest BCUT2D eigenvalue weighted by Crippen LogP contribution is 2.20. The van der Waals surface area contributed by atoms with Crippen LogP contribution in [0.2, 0.25) is 0 Å². The Morgan fingerprint density at radius 1 is 1.47 bits per heavy atom. The molecular weight excluding hydrogens is 308 g/mol. The van der Waals surface area contributed by atoms with E-state index < -0.39 is 0 Å². The van der Waals surface area contributed by atoms with Crippen LogP contribution in [0.25, 0.3) is 10.9 Å². The van der Waals surface area contributed by atoms with Gasteiger partial charge in [-0.15, -0.1) is 0 Å². The second-order valence-electron chi connectivity index (χ2n) is 5.01. The molecular formula is C14H15BrN2O2. The predicted octanol–water partition coefficient (Wildman–Crippen LogP) is 2.73. The first kappa shape index (κ1) is 12.8. The first-order chi connectivity index (χ1) is 9.13. The first-order valence-electron chi connectivity index (χ1n) is 6.43. The molecule has 19 heavy (non-hydrogen) atoms. The Morgan fingerprint density at radius 2 is 2.32 bits per heavy atom. The molecule has 1 saturated heterocycles. The molecule has 0 bridgehead atoms. The van der Waals surface area contributed by atoms with Gasteiger partial charge in [0, 0.05) is 4.47 Å². The van der Waals surface area contributed by atoms with E-state index in [-0.39, 0.29) is 11.7 Å². The highest BCUT2D eigenvalue weighted by atomic mass is 79.9. The average molecular weight is 323 g/mol. The van der Waals surface area contributed by atoms with E-state index in [0.29, 0.717) is 18.0 Å². The number of hydrogen-bond acceptors (Lipinski definition) is 3. The lowest BCUT2D eigenvalue weighted by Gasteiger charge is -2.13. The van der Waals surface area contributed by atoms with Gasteiger partial charge in [-0.1, -0.05) is 15.9 Å². The van der Waals surface area contributed by atoms with Crippen molar-refractivity contribution in [2.24, 2.45) is 0 Å². The Bertz CT molecular complexity index is 668. The smallest absolute Gasteiger partial charge is 0.261 e. The van der Waals surface area contributed by atoms with Gasteiger partial charge >= 0.3 is 0 Å². The van der Waals surface area contributed by atoms with Gasteiger partial charge in [0.05, 0.1) is 36.0 Å². The van der Waals surface area contributed by atoms with Crippen molar-refractivity contribution in [2.75, 3.05) is 0 Å². The Labute approximate surface area is 119 Å². The molecule has 2 aromatic rings. The van der Waals surface area contributed by atoms with Gasteiger partial charge in [0.2, 0.25) is 0 Å². The minimum atomic E-state index is 0.000605. The second kappa shape index (κ2) is 5.06. The molecule has 3 rings (SSSR count). The van der Waals surface area contributed by atoms with Crippen molar-refractivity contribution in [1.82, 2.24) is 9.55 Å². The molecule has 0 spiro atoms. The fraction of sp³-hybridized carbons (Fsp3) is 0.429. The number of aromatic nitrogens is 2. The van der Waals surface area contributed by atoms with E-state index in [1.165, 1.54) is 0 Å². The maximum absolute atomic E-state index is 12.4. The Hall–Kier alpha value is -1.20. The van der Waals surface area contributed by atoms with Crippen LogP contribution in [0.4, 0.5) is 0 Å². The van der Waals surface area contributed by atoms with Gasteiger partial charge in [0.25, 0.3) is 5.56 Å². The molecule has 0 radical (unpaired) electrons. The summed E-state index contributed by atoms with van der Waals surface area (Å²) in [7, 11) is 0. The minimum Gasteiger partial charge on any atom is -0.373 e. The molecule has 0 saturated carbocycles. The summed E-state index contributed by atoms with van der Waals surface area (Å²) >= 11 is 3.38. The van der Waals surface area contributed by atoms with E-state index in [1.54, 1.807) is 10.9 Å². The second-order valence-corrected chi connectivity index (χ2v) is 5.93. The van der Waals surface area contributed by atoms with Crippen molar-refractivity contribution in [2.45, 2.75) is 38.5 Å². The molecule has 2 unspecified atom stereocenters. The van der Waals surface area contributed by atoms with Crippen molar-refractivity contribution >= 4 is 26.8 Å². The van der Waals surface area contributed by atoms with E-state index in [2.05, 4.69) is 27.8 Å². The van der Waals surface area contributed by atoms with Crippen molar-refractivity contribution < 1.29 is 4.74 Å². The van der Waals surface area contributed by atoms with Gasteiger partial charge in [-0.3, -0.25) is 9.36 Å². The number of fused-ring (bicyclic) bond motifs is 1. The third-order valence-electron chi connectivity index (χ3n) is 3.51. The van der Waals surface area contributed by atoms with Gasteiger partial charge in [-0.05, 0) is 38.0 Å². The lowest BCUT2D eigenvalue weighted by Crippen LogP contribution is -2.27. The third-order valence-corrected chi connectivity index (χ3v) is 4.00. The van der Waals surface area contributed by atoms with E-state index in [0.717, 1.165) is 22.8 Å². The number of nitrogens with zero attached hydrogens (tertiary/aromatic N) is 2. The zero-order valence-corrected chi connectivity index (χ0v) is 12.3. The molecule has 1 aromatic carbocycles. The summed E-state index contributed by atoms with van der Waals surface area (Å²) in [5.74, 6) is 0. The maximum atomic E-state index is 12.4. The molecule has 100 valence electrons. The number of benzene rings is 1. The summed E-state index contributed by atoms with van der Waals surface area (Å²) in [6, 6.07) is 5.53. The fourth-order valence-electron chi connectivity index (χ4n) is 2.50. The highest BCUT2D eigenvalue weighted by Gasteiger charge is 2.22. The normalized spacial score (nSPS) is 23.1. The van der Waals surface area contributed by atoms with Gasteiger partial charge in [-0.2, -0.15) is 0 Å². The molecule has 1 aromatic heterocycles. The van der Waals surface area contributed by atoms with Crippen LogP contribution in [0.3, 0.4) is 0 Å². The topological polar surface area (TPSA) is 44.1 Å². The maximum Gasteiger partial charge on any atom is 0.261 e. The van der Waals surface area contributed by atoms with Crippen molar-refractivity contribution in [3.8, 4) is 0 Å². The zero-order chi connectivity index (χ0) is 13.4. The monoisotopic (exact) mass is 322 g/mol. The molecule has 0 N–H and O–H groups in total. The summed E-state index contributed by atoms with van der Waals surface area (Å²) in [4.78, 5) is 16.7. The predicted molar refractivity (Wildman–Crippen MR) is 77.3 cm³/mol. The molecule has 1 fully saturated rings. The standard InChI is InChI=1S/C14H15BrN2O2/c1-9-2-4-11(19-9)7-17-8-16-13-6-10(15)3-5-12(13)14(17)18/h3,5-6,8-9,11H,2,4,7H2,1H3. The molecule has 1 aliphatic heterocycles. The van der Waals surface area contributed by atoms with Crippen LogP contribution in [0.5, 0.6) is 0 Å². The van der Waals surface area contributed by atoms with Crippen LogP contribution in [0.1, 0.15) is 19.8 Å². The number of hydrogen-bond donors (Lipinski definition) is 0. The van der Waals surface area contributed by atoms with E-state index >= 15 is 0 Å². The van der Waals surface area contributed by atoms with Gasteiger partial charge in [0.15, 0.2) is 0 Å². The summed E-state index contributed by atoms with van der Waals surface area (Å²) in [5.41, 5.74) is 0.719. The Morgan fingerprint density at radius 3 is 3.05 bits per heavy atom. The number of halogens is 1. The van der Waals surface area contributed by atoms with Crippen LogP contribution < -0.4 is 5.56 Å². The summed E-state index contributed by atoms with van der Waals surface area (Å²) in [5, 5.41) is 0.650. The lowest BCUT2D eigenvalue weighted by atomic mass is 10.2. The number of ether oxygens (including phenoxy) is 1. The van der Waals surface area contributed by atoms with E-state index in [4.69, 9.17) is 4.74 Å². The zero-order valence-electron chi connectivity index (χ0n) is 10.7. The summed E-state index contributed by atoms with van der Waals surface area (Å²) < 4.78 is 8.34. The molecule has 2 atom stereocenters. The summed E-state index contributed by atoms with van der Waals surface area (Å²) in [6.07, 6.45) is 4.11. The van der Waals surface area contributed by atoms with E-state index in [1.807, 2.05) is 18.2 Å². The molecule has 0 aliphatic carbocycles. The minimum absolute atomic E-state index is 0.000605. The van der Waals surface area contributed by atoms with Crippen LogP contribution >= 0.6 is 15.9 Å². The van der Waals surface area contributed by atoms with E-state index in [9.17, 15) is 4.79 Å². The lowest BCUT2D eigenvalue weighted by molar-refractivity contribution is 0.0451. The quantitative estimate of drug-likeness (QED) is 0.854. The largest absolute Gasteiger partial charge is 0.373 e. The van der Waals surface area contributed by atoms with Crippen molar-refractivity contribution in [3.63, 3.8) is 0 Å². The van der Waals surface area contributed by atoms with Crippen LogP contribution in [-0.2, 0) is 11.3 Å².